The number of aromatic nitrogens is 3. The van der Waals surface area contributed by atoms with Crippen LogP contribution in [0.2, 0.25) is 0 Å². The number of urea groups is 1. The molecule has 1 saturated heterocycles. The van der Waals surface area contributed by atoms with Crippen molar-refractivity contribution >= 4 is 22.6 Å². The zero-order valence-electron chi connectivity index (χ0n) is 20.0. The van der Waals surface area contributed by atoms with Crippen molar-refractivity contribution in [1.82, 2.24) is 25.4 Å². The number of H-pyrrole nitrogens is 1. The molecule has 2 aliphatic heterocycles. The second-order valence-electron chi connectivity index (χ2n) is 9.53. The number of piperidine rings is 1. The highest BCUT2D eigenvalue weighted by molar-refractivity contribution is 6.03. The molecule has 0 spiro atoms. The number of aryl methyl sites for hydroxylation is 1. The number of amides is 2. The summed E-state index contributed by atoms with van der Waals surface area (Å²) < 4.78 is 0. The first kappa shape index (κ1) is 21.8. The van der Waals surface area contributed by atoms with E-state index in [9.17, 15) is 4.79 Å². The first-order chi connectivity index (χ1) is 17.2. The molecule has 7 heteroatoms. The number of benzene rings is 2. The predicted molar refractivity (Wildman–Crippen MR) is 138 cm³/mol. The van der Waals surface area contributed by atoms with Crippen LogP contribution >= 0.6 is 0 Å². The van der Waals surface area contributed by atoms with Crippen LogP contribution in [0.3, 0.4) is 0 Å². The second kappa shape index (κ2) is 9.15. The van der Waals surface area contributed by atoms with Crippen molar-refractivity contribution in [2.24, 2.45) is 0 Å². The molecule has 2 N–H and O–H groups in total. The van der Waals surface area contributed by atoms with Gasteiger partial charge in [0.05, 0.1) is 18.3 Å². The molecule has 0 radical (unpaired) electrons. The molecule has 4 heterocycles. The SMILES string of the molecule is Cc1cccc2ccnc(N(C(=O)N3CCc4[nH]nc(-c5ccccc5)c4C3)C3CCCNC3)c12. The van der Waals surface area contributed by atoms with E-state index in [1.54, 1.807) is 0 Å². The van der Waals surface area contributed by atoms with Gasteiger partial charge >= 0.3 is 6.03 Å². The van der Waals surface area contributed by atoms with Gasteiger partial charge in [0.2, 0.25) is 0 Å². The minimum absolute atomic E-state index is 0.0211. The van der Waals surface area contributed by atoms with Gasteiger partial charge in [-0.3, -0.25) is 10.00 Å². The van der Waals surface area contributed by atoms with Gasteiger partial charge in [0.1, 0.15) is 5.82 Å². The standard InChI is InChI=1S/C28H30N6O/c1-19-7-5-10-20-12-15-30-27(25(19)20)34(22-11-6-14-29-17-22)28(35)33-16-13-24-23(18-33)26(32-31-24)21-8-3-2-4-9-21/h2-5,7-10,12,15,22,29H,6,11,13-14,16-18H2,1H3,(H,31,32). The van der Waals surface area contributed by atoms with Crippen molar-refractivity contribution in [3.8, 4) is 11.3 Å². The van der Waals surface area contributed by atoms with Crippen molar-refractivity contribution in [3.63, 3.8) is 0 Å². The molecule has 2 amide bonds. The number of fused-ring (bicyclic) bond motifs is 2. The zero-order valence-corrected chi connectivity index (χ0v) is 20.0. The van der Waals surface area contributed by atoms with Gasteiger partial charge in [-0.2, -0.15) is 5.10 Å². The van der Waals surface area contributed by atoms with Gasteiger partial charge in [-0.25, -0.2) is 9.78 Å². The minimum atomic E-state index is 0.0211. The molecular formula is C28H30N6O. The molecule has 0 aliphatic carbocycles. The molecule has 178 valence electrons. The third-order valence-corrected chi connectivity index (χ3v) is 7.30. The predicted octanol–water partition coefficient (Wildman–Crippen LogP) is 4.67. The summed E-state index contributed by atoms with van der Waals surface area (Å²) in [7, 11) is 0. The Morgan fingerprint density at radius 1 is 1.11 bits per heavy atom. The highest BCUT2D eigenvalue weighted by atomic mass is 16.2. The van der Waals surface area contributed by atoms with Crippen LogP contribution in [0, 0.1) is 6.92 Å². The molecule has 35 heavy (non-hydrogen) atoms. The fourth-order valence-electron chi connectivity index (χ4n) is 5.49. The number of carbonyl (C=O) groups is 1. The first-order valence-electron chi connectivity index (χ1n) is 12.5. The Balaban J connectivity index is 1.39. The Kier molecular flexibility index (Phi) is 5.70. The molecule has 6 rings (SSSR count). The highest BCUT2D eigenvalue weighted by Gasteiger charge is 2.35. The number of nitrogens with zero attached hydrogens (tertiary/aromatic N) is 4. The van der Waals surface area contributed by atoms with Crippen LogP contribution in [0.1, 0.15) is 29.7 Å². The van der Waals surface area contributed by atoms with Crippen molar-refractivity contribution in [2.45, 2.75) is 38.8 Å². The van der Waals surface area contributed by atoms with Crippen LogP contribution in [0.15, 0.2) is 60.8 Å². The smallest absolute Gasteiger partial charge is 0.319 e. The van der Waals surface area contributed by atoms with Crippen molar-refractivity contribution in [2.75, 3.05) is 24.5 Å². The van der Waals surface area contributed by atoms with E-state index in [2.05, 4.69) is 52.8 Å². The van der Waals surface area contributed by atoms with Crippen molar-refractivity contribution in [3.05, 3.63) is 77.6 Å². The fourth-order valence-corrected chi connectivity index (χ4v) is 5.49. The number of hydrogen-bond acceptors (Lipinski definition) is 4. The van der Waals surface area contributed by atoms with Gasteiger partial charge in [0.25, 0.3) is 0 Å². The average molecular weight is 467 g/mol. The lowest BCUT2D eigenvalue weighted by Gasteiger charge is -2.39. The largest absolute Gasteiger partial charge is 0.326 e. The zero-order chi connectivity index (χ0) is 23.8. The average Bonchev–Trinajstić information content (AvgIpc) is 3.33. The topological polar surface area (TPSA) is 77.2 Å². The summed E-state index contributed by atoms with van der Waals surface area (Å²) in [6.07, 6.45) is 4.59. The van der Waals surface area contributed by atoms with E-state index in [1.807, 2.05) is 40.3 Å². The fraction of sp³-hybridized carbons (Fsp3) is 0.321. The third-order valence-electron chi connectivity index (χ3n) is 7.30. The summed E-state index contributed by atoms with van der Waals surface area (Å²) in [5, 5.41) is 13.5. The molecule has 0 saturated carbocycles. The number of hydrogen-bond donors (Lipinski definition) is 2. The van der Waals surface area contributed by atoms with E-state index in [0.717, 1.165) is 77.0 Å². The Bertz CT molecular complexity index is 1350. The quantitative estimate of drug-likeness (QED) is 0.460. The summed E-state index contributed by atoms with van der Waals surface area (Å²) in [5.74, 6) is 0.764. The van der Waals surface area contributed by atoms with E-state index < -0.39 is 0 Å². The van der Waals surface area contributed by atoms with E-state index in [-0.39, 0.29) is 12.1 Å². The van der Waals surface area contributed by atoms with Gasteiger partial charge in [-0.05, 0) is 43.3 Å². The van der Waals surface area contributed by atoms with Crippen LogP contribution in [0.4, 0.5) is 10.6 Å². The Labute approximate surface area is 205 Å². The Morgan fingerprint density at radius 2 is 2.00 bits per heavy atom. The lowest BCUT2D eigenvalue weighted by atomic mass is 10.0. The van der Waals surface area contributed by atoms with Crippen molar-refractivity contribution < 1.29 is 4.79 Å². The van der Waals surface area contributed by atoms with E-state index in [0.29, 0.717) is 13.1 Å². The number of carbonyl (C=O) groups excluding carboxylic acids is 1. The molecule has 1 fully saturated rings. The molecule has 2 aromatic carbocycles. The van der Waals surface area contributed by atoms with E-state index in [1.165, 1.54) is 0 Å². The van der Waals surface area contributed by atoms with Crippen molar-refractivity contribution in [1.29, 1.82) is 0 Å². The van der Waals surface area contributed by atoms with Crippen LogP contribution < -0.4 is 10.2 Å². The van der Waals surface area contributed by atoms with Crippen LogP contribution in [0.5, 0.6) is 0 Å². The Hall–Kier alpha value is -3.71. The summed E-state index contributed by atoms with van der Waals surface area (Å²) in [6.45, 7) is 5.05. The third kappa shape index (κ3) is 3.96. The maximum Gasteiger partial charge on any atom is 0.326 e. The molecule has 2 aromatic heterocycles. The minimum Gasteiger partial charge on any atom is -0.319 e. The molecule has 1 atom stereocenters. The van der Waals surface area contributed by atoms with Gasteiger partial charge in [-0.15, -0.1) is 0 Å². The summed E-state index contributed by atoms with van der Waals surface area (Å²) in [5.41, 5.74) is 5.37. The number of pyridine rings is 1. The number of rotatable bonds is 3. The van der Waals surface area contributed by atoms with E-state index in [4.69, 9.17) is 4.98 Å². The number of anilines is 1. The molecular weight excluding hydrogens is 436 g/mol. The van der Waals surface area contributed by atoms with Gasteiger partial charge in [0.15, 0.2) is 0 Å². The number of nitrogens with one attached hydrogen (secondary N) is 2. The highest BCUT2D eigenvalue weighted by Crippen LogP contribution is 2.33. The summed E-state index contributed by atoms with van der Waals surface area (Å²) in [4.78, 5) is 23.0. The lowest BCUT2D eigenvalue weighted by molar-refractivity contribution is 0.194. The molecule has 2 aliphatic rings. The van der Waals surface area contributed by atoms with Gasteiger partial charge < -0.3 is 10.2 Å². The maximum absolute atomic E-state index is 14.3. The normalized spacial score (nSPS) is 17.9. The van der Waals surface area contributed by atoms with E-state index >= 15 is 0 Å². The van der Waals surface area contributed by atoms with Crippen LogP contribution in [0.25, 0.3) is 22.0 Å². The maximum atomic E-state index is 14.3. The van der Waals surface area contributed by atoms with Gasteiger partial charge in [-0.1, -0.05) is 48.5 Å². The molecule has 1 unspecified atom stereocenters. The molecule has 0 bridgehead atoms. The first-order valence-corrected chi connectivity index (χ1v) is 12.5. The molecule has 7 nitrogen and oxygen atoms in total. The summed E-state index contributed by atoms with van der Waals surface area (Å²) >= 11 is 0. The molecule has 4 aromatic rings. The second-order valence-corrected chi connectivity index (χ2v) is 9.53. The van der Waals surface area contributed by atoms with Crippen LogP contribution in [-0.4, -0.2) is 51.8 Å². The monoisotopic (exact) mass is 466 g/mol. The number of aromatic amines is 1. The van der Waals surface area contributed by atoms with Gasteiger partial charge in [0, 0.05) is 47.9 Å². The summed E-state index contributed by atoms with van der Waals surface area (Å²) in [6, 6.07) is 18.6. The lowest BCUT2D eigenvalue weighted by Crippen LogP contribution is -2.54. The Morgan fingerprint density at radius 3 is 2.83 bits per heavy atom. The van der Waals surface area contributed by atoms with Crippen LogP contribution in [-0.2, 0) is 13.0 Å².